The summed E-state index contributed by atoms with van der Waals surface area (Å²) in [6.07, 6.45) is 1.40. The largest absolute Gasteiger partial charge is 0.388 e. The average molecular weight is 352 g/mol. The fourth-order valence-corrected chi connectivity index (χ4v) is 2.10. The van der Waals surface area contributed by atoms with Crippen molar-refractivity contribution in [1.29, 1.82) is 0 Å². The normalized spacial score (nSPS) is 10.8. The van der Waals surface area contributed by atoms with Crippen molar-refractivity contribution in [3.8, 4) is 0 Å². The van der Waals surface area contributed by atoms with Gasteiger partial charge in [-0.2, -0.15) is 15.0 Å². The first-order valence-electron chi connectivity index (χ1n) is 7.83. The predicted molar refractivity (Wildman–Crippen MR) is 97.5 cm³/mol. The number of nitrogen functional groups attached to an aromatic ring is 1. The van der Waals surface area contributed by atoms with Gasteiger partial charge in [0.05, 0.1) is 6.21 Å². The lowest BCUT2D eigenvalue weighted by molar-refractivity contribution is 0.126. The zero-order chi connectivity index (χ0) is 18.4. The van der Waals surface area contributed by atoms with Crippen molar-refractivity contribution in [2.45, 2.75) is 13.5 Å². The van der Waals surface area contributed by atoms with Crippen LogP contribution in [0.4, 0.5) is 22.0 Å². The second kappa shape index (κ2) is 8.02. The summed E-state index contributed by atoms with van der Waals surface area (Å²) in [5.41, 5.74) is 8.28. The number of nitrogens with zero attached hydrogens (tertiary/aromatic N) is 4. The molecule has 0 fully saturated rings. The minimum Gasteiger partial charge on any atom is -0.388 e. The minimum absolute atomic E-state index is 0.00110. The molecule has 0 saturated carbocycles. The smallest absolute Gasteiger partial charge is 0.232 e. The lowest BCUT2D eigenvalue weighted by Crippen LogP contribution is -2.07. The van der Waals surface area contributed by atoms with Gasteiger partial charge in [-0.15, -0.1) is 0 Å². The number of nitrogens with one attached hydrogen (secondary N) is 1. The quantitative estimate of drug-likeness (QED) is 0.522. The highest BCUT2D eigenvalue weighted by Crippen LogP contribution is 2.14. The lowest BCUT2D eigenvalue weighted by atomic mass is 10.2. The SMILES string of the molecule is Cc1ccc(Nc2nc(N)nc(CO/N=C\c3cccc(F)c3)n2)cc1. The van der Waals surface area contributed by atoms with E-state index < -0.39 is 0 Å². The van der Waals surface area contributed by atoms with E-state index in [2.05, 4.69) is 25.4 Å². The van der Waals surface area contributed by atoms with Gasteiger partial charge in [0.1, 0.15) is 5.82 Å². The van der Waals surface area contributed by atoms with Crippen molar-refractivity contribution < 1.29 is 9.23 Å². The fourth-order valence-electron chi connectivity index (χ4n) is 2.10. The Bertz CT molecular complexity index is 914. The van der Waals surface area contributed by atoms with Crippen LogP contribution in [0.2, 0.25) is 0 Å². The highest BCUT2D eigenvalue weighted by Gasteiger charge is 2.05. The number of halogens is 1. The van der Waals surface area contributed by atoms with Crippen LogP contribution >= 0.6 is 0 Å². The first-order chi connectivity index (χ1) is 12.6. The third kappa shape index (κ3) is 4.97. The summed E-state index contributed by atoms with van der Waals surface area (Å²) in [6.45, 7) is 2.01. The van der Waals surface area contributed by atoms with Crippen molar-refractivity contribution in [3.05, 3.63) is 71.3 Å². The maximum absolute atomic E-state index is 13.1. The van der Waals surface area contributed by atoms with Gasteiger partial charge in [-0.3, -0.25) is 0 Å². The number of anilines is 3. The molecule has 0 amide bonds. The monoisotopic (exact) mass is 352 g/mol. The molecule has 0 aliphatic rings. The van der Waals surface area contributed by atoms with Crippen LogP contribution in [0.5, 0.6) is 0 Å². The Morgan fingerprint density at radius 3 is 2.73 bits per heavy atom. The minimum atomic E-state index is -0.342. The van der Waals surface area contributed by atoms with Gasteiger partial charge >= 0.3 is 0 Å². The van der Waals surface area contributed by atoms with Gasteiger partial charge < -0.3 is 15.9 Å². The number of aromatic nitrogens is 3. The number of aryl methyl sites for hydroxylation is 1. The zero-order valence-corrected chi connectivity index (χ0v) is 14.1. The van der Waals surface area contributed by atoms with E-state index in [4.69, 9.17) is 10.6 Å². The van der Waals surface area contributed by atoms with Gasteiger partial charge in [0.25, 0.3) is 0 Å². The average Bonchev–Trinajstić information content (AvgIpc) is 2.60. The Balaban J connectivity index is 1.63. The number of oxime groups is 1. The molecule has 8 heteroatoms. The number of hydrogen-bond donors (Lipinski definition) is 2. The van der Waals surface area contributed by atoms with Crippen LogP contribution in [0, 0.1) is 12.7 Å². The van der Waals surface area contributed by atoms with E-state index in [-0.39, 0.29) is 18.4 Å². The molecule has 0 aliphatic carbocycles. The topological polar surface area (TPSA) is 98.3 Å². The van der Waals surface area contributed by atoms with Crippen LogP contribution in [0.25, 0.3) is 0 Å². The second-order valence-corrected chi connectivity index (χ2v) is 5.49. The van der Waals surface area contributed by atoms with Gasteiger partial charge in [0.2, 0.25) is 11.9 Å². The van der Waals surface area contributed by atoms with E-state index in [0.717, 1.165) is 11.3 Å². The molecular weight excluding hydrogens is 335 g/mol. The third-order valence-corrected chi connectivity index (χ3v) is 3.33. The third-order valence-electron chi connectivity index (χ3n) is 3.33. The maximum atomic E-state index is 13.1. The highest BCUT2D eigenvalue weighted by molar-refractivity contribution is 5.78. The molecule has 1 heterocycles. The summed E-state index contributed by atoms with van der Waals surface area (Å²) in [5.74, 6) is 0.367. The number of hydrogen-bond acceptors (Lipinski definition) is 7. The summed E-state index contributed by atoms with van der Waals surface area (Å²) in [5, 5.41) is 6.83. The summed E-state index contributed by atoms with van der Waals surface area (Å²) >= 11 is 0. The highest BCUT2D eigenvalue weighted by atomic mass is 19.1. The molecule has 0 atom stereocenters. The first-order valence-corrected chi connectivity index (χ1v) is 7.83. The van der Waals surface area contributed by atoms with Crippen LogP contribution in [0.3, 0.4) is 0 Å². The fraction of sp³-hybridized carbons (Fsp3) is 0.111. The standard InChI is InChI=1S/C18H17FN6O/c1-12-5-7-15(8-6-12)22-18-24-16(23-17(20)25-18)11-26-21-10-13-3-2-4-14(19)9-13/h2-10H,11H2,1H3,(H3,20,22,23,24,25)/b21-10-. The van der Waals surface area contributed by atoms with Crippen molar-refractivity contribution in [2.75, 3.05) is 11.1 Å². The summed E-state index contributed by atoms with van der Waals surface area (Å²) in [7, 11) is 0. The van der Waals surface area contributed by atoms with Crippen molar-refractivity contribution >= 4 is 23.8 Å². The van der Waals surface area contributed by atoms with Crippen molar-refractivity contribution in [3.63, 3.8) is 0 Å². The number of benzene rings is 2. The van der Waals surface area contributed by atoms with Crippen LogP contribution in [0.15, 0.2) is 53.7 Å². The molecule has 0 saturated heterocycles. The van der Waals surface area contributed by atoms with Crippen LogP contribution in [0.1, 0.15) is 17.0 Å². The van der Waals surface area contributed by atoms with E-state index in [0.29, 0.717) is 17.3 Å². The molecule has 2 aromatic carbocycles. The van der Waals surface area contributed by atoms with E-state index in [1.165, 1.54) is 18.3 Å². The Kier molecular flexibility index (Phi) is 5.33. The summed E-state index contributed by atoms with van der Waals surface area (Å²) in [6, 6.07) is 13.8. The Morgan fingerprint density at radius 1 is 1.15 bits per heavy atom. The molecule has 3 N–H and O–H groups in total. The van der Waals surface area contributed by atoms with Crippen LogP contribution < -0.4 is 11.1 Å². The van der Waals surface area contributed by atoms with Crippen LogP contribution in [-0.4, -0.2) is 21.2 Å². The Labute approximate surface area is 149 Å². The molecule has 1 aromatic heterocycles. The van der Waals surface area contributed by atoms with E-state index >= 15 is 0 Å². The predicted octanol–water partition coefficient (Wildman–Crippen LogP) is 3.20. The zero-order valence-electron chi connectivity index (χ0n) is 14.1. The molecule has 0 spiro atoms. The van der Waals surface area contributed by atoms with Crippen molar-refractivity contribution in [2.24, 2.45) is 5.16 Å². The summed E-state index contributed by atoms with van der Waals surface area (Å²) < 4.78 is 13.1. The maximum Gasteiger partial charge on any atom is 0.232 e. The van der Waals surface area contributed by atoms with E-state index in [9.17, 15) is 4.39 Å². The molecule has 0 bridgehead atoms. The van der Waals surface area contributed by atoms with Crippen molar-refractivity contribution in [1.82, 2.24) is 15.0 Å². The first kappa shape index (κ1) is 17.3. The number of rotatable bonds is 6. The second-order valence-electron chi connectivity index (χ2n) is 5.49. The molecule has 3 rings (SSSR count). The molecule has 0 aliphatic heterocycles. The molecule has 132 valence electrons. The van der Waals surface area contributed by atoms with Gasteiger partial charge in [-0.25, -0.2) is 4.39 Å². The van der Waals surface area contributed by atoms with Crippen LogP contribution in [-0.2, 0) is 11.4 Å². The Hall–Kier alpha value is -3.55. The molecule has 0 radical (unpaired) electrons. The molecular formula is C18H17FN6O. The van der Waals surface area contributed by atoms with Gasteiger partial charge in [-0.05, 0) is 36.8 Å². The molecule has 0 unspecified atom stereocenters. The van der Waals surface area contributed by atoms with E-state index in [1.807, 2.05) is 31.2 Å². The van der Waals surface area contributed by atoms with Gasteiger partial charge in [0, 0.05) is 5.69 Å². The van der Waals surface area contributed by atoms with Gasteiger partial charge in [0.15, 0.2) is 12.4 Å². The Morgan fingerprint density at radius 2 is 1.96 bits per heavy atom. The van der Waals surface area contributed by atoms with E-state index in [1.54, 1.807) is 12.1 Å². The molecule has 26 heavy (non-hydrogen) atoms. The summed E-state index contributed by atoms with van der Waals surface area (Å²) in [4.78, 5) is 17.4. The number of nitrogens with two attached hydrogens (primary N) is 1. The van der Waals surface area contributed by atoms with Gasteiger partial charge in [-0.1, -0.05) is 35.0 Å². The molecule has 7 nitrogen and oxygen atoms in total. The molecule has 3 aromatic rings. The lowest BCUT2D eigenvalue weighted by Gasteiger charge is -2.07.